The Kier molecular flexibility index (Phi) is 5.63. The van der Waals surface area contributed by atoms with E-state index in [1.807, 2.05) is 6.07 Å². The topological polar surface area (TPSA) is 101 Å². The number of nitrogens with one attached hydrogen (secondary N) is 2. The van der Waals surface area contributed by atoms with Crippen LogP contribution in [0.5, 0.6) is 0 Å². The maximum atomic E-state index is 12.5. The van der Waals surface area contributed by atoms with E-state index in [0.29, 0.717) is 11.4 Å². The number of rotatable bonds is 6. The number of nitrogens with zero attached hydrogens (tertiary/aromatic N) is 2. The number of carbonyl (C=O) groups is 1. The third-order valence-electron chi connectivity index (χ3n) is 3.54. The summed E-state index contributed by atoms with van der Waals surface area (Å²) >= 11 is 1.10. The zero-order chi connectivity index (χ0) is 19.3. The number of benzene rings is 1. The molecule has 2 heterocycles. The first-order valence-electron chi connectivity index (χ1n) is 7.89. The van der Waals surface area contributed by atoms with Gasteiger partial charge in [-0.3, -0.25) is 14.5 Å². The minimum atomic E-state index is -3.76. The summed E-state index contributed by atoms with van der Waals surface area (Å²) in [6.07, 6.45) is 1.63. The van der Waals surface area contributed by atoms with Gasteiger partial charge < -0.3 is 0 Å². The molecular formula is C18H16N4O3S2. The molecule has 0 radical (unpaired) electrons. The number of hydrogen-bond acceptors (Lipinski definition) is 6. The minimum absolute atomic E-state index is 0.162. The summed E-state index contributed by atoms with van der Waals surface area (Å²) in [5.41, 5.74) is 3.93. The van der Waals surface area contributed by atoms with E-state index >= 15 is 0 Å². The van der Waals surface area contributed by atoms with Crippen molar-refractivity contribution in [2.75, 3.05) is 4.72 Å². The highest BCUT2D eigenvalue weighted by atomic mass is 32.2. The Hall–Kier alpha value is -3.04. The monoisotopic (exact) mass is 400 g/mol. The number of amides is 1. The van der Waals surface area contributed by atoms with Crippen molar-refractivity contribution in [1.82, 2.24) is 10.4 Å². The van der Waals surface area contributed by atoms with Crippen LogP contribution in [0.2, 0.25) is 0 Å². The summed E-state index contributed by atoms with van der Waals surface area (Å²) in [4.78, 5) is 16.7. The first-order chi connectivity index (χ1) is 13.0. The van der Waals surface area contributed by atoms with Gasteiger partial charge in [-0.25, -0.2) is 13.8 Å². The average Bonchev–Trinajstić information content (AvgIpc) is 3.22. The Balaban J connectivity index is 1.80. The predicted octanol–water partition coefficient (Wildman–Crippen LogP) is 3.10. The van der Waals surface area contributed by atoms with E-state index in [1.54, 1.807) is 48.8 Å². The van der Waals surface area contributed by atoms with Gasteiger partial charge in [0.05, 0.1) is 22.7 Å². The SMILES string of the molecule is C/C(=N/NC(=O)c1ccccc1NS(=O)(=O)c1cccs1)c1ccccn1. The van der Waals surface area contributed by atoms with Crippen LogP contribution in [0.25, 0.3) is 0 Å². The Morgan fingerprint density at radius 3 is 2.56 bits per heavy atom. The standard InChI is InChI=1S/C18H16N4O3S2/c1-13(15-8-4-5-11-19-15)20-21-18(23)14-7-2-3-9-16(14)22-27(24,25)17-10-6-12-26-17/h2-12,22H,1H3,(H,21,23)/b20-13-. The summed E-state index contributed by atoms with van der Waals surface area (Å²) in [6.45, 7) is 1.72. The number of hydrazone groups is 1. The lowest BCUT2D eigenvalue weighted by molar-refractivity contribution is 0.0955. The van der Waals surface area contributed by atoms with Crippen molar-refractivity contribution in [3.63, 3.8) is 0 Å². The zero-order valence-electron chi connectivity index (χ0n) is 14.3. The van der Waals surface area contributed by atoms with Crippen molar-refractivity contribution in [1.29, 1.82) is 0 Å². The summed E-state index contributed by atoms with van der Waals surface area (Å²) in [5.74, 6) is -0.533. The molecule has 27 heavy (non-hydrogen) atoms. The fraction of sp³-hybridized carbons (Fsp3) is 0.0556. The van der Waals surface area contributed by atoms with Gasteiger partial charge in [0.2, 0.25) is 0 Å². The molecule has 0 aliphatic carbocycles. The number of carbonyl (C=O) groups excluding carboxylic acids is 1. The van der Waals surface area contributed by atoms with Gasteiger partial charge in [0.15, 0.2) is 0 Å². The smallest absolute Gasteiger partial charge is 0.273 e. The number of thiophene rings is 1. The lowest BCUT2D eigenvalue weighted by atomic mass is 10.2. The number of aromatic nitrogens is 1. The van der Waals surface area contributed by atoms with Crippen LogP contribution < -0.4 is 10.1 Å². The van der Waals surface area contributed by atoms with Gasteiger partial charge in [0, 0.05) is 6.20 Å². The number of pyridine rings is 1. The van der Waals surface area contributed by atoms with E-state index in [1.165, 1.54) is 18.2 Å². The first-order valence-corrected chi connectivity index (χ1v) is 10.2. The maximum absolute atomic E-state index is 12.5. The molecule has 2 N–H and O–H groups in total. The molecule has 0 fully saturated rings. The molecule has 0 aliphatic heterocycles. The summed E-state index contributed by atoms with van der Waals surface area (Å²) in [6, 6.07) is 14.8. The summed E-state index contributed by atoms with van der Waals surface area (Å²) < 4.78 is 27.5. The van der Waals surface area contributed by atoms with Gasteiger partial charge in [0.1, 0.15) is 4.21 Å². The molecule has 2 aromatic heterocycles. The van der Waals surface area contributed by atoms with E-state index in [2.05, 4.69) is 20.2 Å². The van der Waals surface area contributed by atoms with Crippen molar-refractivity contribution < 1.29 is 13.2 Å². The molecule has 138 valence electrons. The highest BCUT2D eigenvalue weighted by Crippen LogP contribution is 2.22. The van der Waals surface area contributed by atoms with E-state index in [9.17, 15) is 13.2 Å². The molecule has 7 nitrogen and oxygen atoms in total. The van der Waals surface area contributed by atoms with E-state index in [4.69, 9.17) is 0 Å². The van der Waals surface area contributed by atoms with Gasteiger partial charge in [-0.15, -0.1) is 11.3 Å². The second-order valence-electron chi connectivity index (χ2n) is 5.44. The largest absolute Gasteiger partial charge is 0.278 e. The third-order valence-corrected chi connectivity index (χ3v) is 6.30. The molecule has 0 saturated carbocycles. The zero-order valence-corrected chi connectivity index (χ0v) is 15.9. The lowest BCUT2D eigenvalue weighted by Gasteiger charge is -2.11. The van der Waals surface area contributed by atoms with E-state index in [-0.39, 0.29) is 15.5 Å². The van der Waals surface area contributed by atoms with Crippen molar-refractivity contribution >= 4 is 38.7 Å². The Labute approximate surface area is 160 Å². The van der Waals surface area contributed by atoms with Crippen molar-refractivity contribution in [3.8, 4) is 0 Å². The lowest BCUT2D eigenvalue weighted by Crippen LogP contribution is -2.22. The van der Waals surface area contributed by atoms with E-state index in [0.717, 1.165) is 11.3 Å². The van der Waals surface area contributed by atoms with Gasteiger partial charge in [-0.2, -0.15) is 5.10 Å². The molecule has 0 spiro atoms. The molecule has 0 unspecified atom stereocenters. The van der Waals surface area contributed by atoms with Crippen molar-refractivity contribution in [2.24, 2.45) is 5.10 Å². The van der Waals surface area contributed by atoms with Crippen LogP contribution in [0.1, 0.15) is 23.0 Å². The second kappa shape index (κ2) is 8.11. The number of anilines is 1. The molecule has 0 saturated heterocycles. The van der Waals surface area contributed by atoms with Crippen molar-refractivity contribution in [3.05, 3.63) is 77.4 Å². The van der Waals surface area contributed by atoms with Crippen LogP contribution in [-0.4, -0.2) is 25.0 Å². The highest BCUT2D eigenvalue weighted by molar-refractivity contribution is 7.94. The Morgan fingerprint density at radius 2 is 1.85 bits per heavy atom. The molecule has 0 atom stereocenters. The molecule has 9 heteroatoms. The van der Waals surface area contributed by atoms with Crippen LogP contribution in [0, 0.1) is 0 Å². The normalized spacial score (nSPS) is 11.8. The molecule has 0 aliphatic rings. The molecule has 3 aromatic rings. The van der Waals surface area contributed by atoms with Gasteiger partial charge in [-0.1, -0.05) is 24.3 Å². The number of para-hydroxylation sites is 1. The predicted molar refractivity (Wildman–Crippen MR) is 105 cm³/mol. The Morgan fingerprint density at radius 1 is 1.07 bits per heavy atom. The summed E-state index contributed by atoms with van der Waals surface area (Å²) in [5, 5.41) is 5.71. The molecule has 0 bridgehead atoms. The fourth-order valence-corrected chi connectivity index (χ4v) is 4.28. The number of sulfonamides is 1. The molecule has 1 aromatic carbocycles. The minimum Gasteiger partial charge on any atom is -0.278 e. The Bertz CT molecular complexity index is 1060. The average molecular weight is 400 g/mol. The molecular weight excluding hydrogens is 384 g/mol. The third kappa shape index (κ3) is 4.57. The van der Waals surface area contributed by atoms with Gasteiger partial charge in [0.25, 0.3) is 15.9 Å². The molecule has 1 amide bonds. The van der Waals surface area contributed by atoms with Crippen LogP contribution >= 0.6 is 11.3 Å². The highest BCUT2D eigenvalue weighted by Gasteiger charge is 2.19. The number of hydrogen-bond donors (Lipinski definition) is 2. The van der Waals surface area contributed by atoms with Crippen LogP contribution in [0.3, 0.4) is 0 Å². The summed E-state index contributed by atoms with van der Waals surface area (Å²) in [7, 11) is -3.76. The quantitative estimate of drug-likeness (QED) is 0.490. The van der Waals surface area contributed by atoms with Gasteiger partial charge in [-0.05, 0) is 42.6 Å². The van der Waals surface area contributed by atoms with Crippen molar-refractivity contribution in [2.45, 2.75) is 11.1 Å². The van der Waals surface area contributed by atoms with Gasteiger partial charge >= 0.3 is 0 Å². The van der Waals surface area contributed by atoms with Crippen LogP contribution in [0.15, 0.2) is 75.5 Å². The van der Waals surface area contributed by atoms with Crippen LogP contribution in [-0.2, 0) is 10.0 Å². The fourth-order valence-electron chi connectivity index (χ4n) is 2.21. The van der Waals surface area contributed by atoms with Crippen LogP contribution in [0.4, 0.5) is 5.69 Å². The first kappa shape index (κ1) is 18.7. The van der Waals surface area contributed by atoms with E-state index < -0.39 is 15.9 Å². The second-order valence-corrected chi connectivity index (χ2v) is 8.29. The maximum Gasteiger partial charge on any atom is 0.273 e. The molecule has 3 rings (SSSR count).